The number of benzene rings is 2. The topological polar surface area (TPSA) is 126 Å². The Kier molecular flexibility index (Phi) is 4.92. The van der Waals surface area contributed by atoms with Crippen LogP contribution in [-0.4, -0.2) is 48.0 Å². The van der Waals surface area contributed by atoms with E-state index in [0.717, 1.165) is 17.7 Å². The van der Waals surface area contributed by atoms with Gasteiger partial charge in [0.2, 0.25) is 12.7 Å². The van der Waals surface area contributed by atoms with Gasteiger partial charge in [0.25, 0.3) is 11.8 Å². The first-order chi connectivity index (χ1) is 15.8. The summed E-state index contributed by atoms with van der Waals surface area (Å²) in [5.41, 5.74) is -0.0133. The number of fused-ring (bicyclic) bond motifs is 1. The van der Waals surface area contributed by atoms with Crippen LogP contribution in [0, 0.1) is 0 Å². The molecule has 0 radical (unpaired) electrons. The number of nitrogens with one attached hydrogen (secondary N) is 3. The van der Waals surface area contributed by atoms with Crippen LogP contribution in [-0.2, 0) is 15.1 Å². The van der Waals surface area contributed by atoms with E-state index in [9.17, 15) is 19.2 Å². The largest absolute Gasteiger partial charge is 0.454 e. The number of carbonyl (C=O) groups is 4. The van der Waals surface area contributed by atoms with Crippen LogP contribution in [0.1, 0.15) is 35.7 Å². The Morgan fingerprint density at radius 1 is 1.12 bits per heavy atom. The second-order valence-corrected chi connectivity index (χ2v) is 8.39. The molecule has 0 bridgehead atoms. The van der Waals surface area contributed by atoms with Gasteiger partial charge in [-0.25, -0.2) is 4.79 Å². The molecule has 3 N–H and O–H groups in total. The standard InChI is InChI=1S/C23H22N4O6/c1-23(14-5-8-17-18(10-14)33-12-32-17)21(30)27(22(31)26-23)11-19(28)24-16-4-2-3-13(9-16)20(29)25-15-6-7-15/h2-5,8-10,15H,6-7,11-12H2,1H3,(H,24,28)(H,25,29)(H,26,31). The second-order valence-electron chi connectivity index (χ2n) is 8.39. The molecule has 1 atom stereocenters. The molecule has 1 saturated carbocycles. The number of ether oxygens (including phenoxy) is 2. The smallest absolute Gasteiger partial charge is 0.325 e. The summed E-state index contributed by atoms with van der Waals surface area (Å²) in [6.07, 6.45) is 1.94. The van der Waals surface area contributed by atoms with Gasteiger partial charge in [0, 0.05) is 17.3 Å². The van der Waals surface area contributed by atoms with Crippen molar-refractivity contribution in [1.29, 1.82) is 0 Å². The maximum absolute atomic E-state index is 13.1. The van der Waals surface area contributed by atoms with Crippen LogP contribution in [0.3, 0.4) is 0 Å². The van der Waals surface area contributed by atoms with Crippen molar-refractivity contribution >= 4 is 29.4 Å². The summed E-state index contributed by atoms with van der Waals surface area (Å²) >= 11 is 0. The number of urea groups is 1. The SMILES string of the molecule is CC1(c2ccc3c(c2)OCO3)NC(=O)N(CC(=O)Nc2cccc(C(=O)NC3CC3)c2)C1=O. The molecule has 2 aromatic rings. The van der Waals surface area contributed by atoms with Crippen LogP contribution in [0.2, 0.25) is 0 Å². The van der Waals surface area contributed by atoms with Crippen molar-refractivity contribution in [2.75, 3.05) is 18.7 Å². The second kappa shape index (κ2) is 7.80. The van der Waals surface area contributed by atoms with Crippen LogP contribution < -0.4 is 25.4 Å². The summed E-state index contributed by atoms with van der Waals surface area (Å²) in [5.74, 6) is -0.282. The van der Waals surface area contributed by atoms with Gasteiger partial charge >= 0.3 is 6.03 Å². The fourth-order valence-electron chi connectivity index (χ4n) is 3.82. The van der Waals surface area contributed by atoms with E-state index in [-0.39, 0.29) is 18.7 Å². The van der Waals surface area contributed by atoms with Gasteiger partial charge in [0.15, 0.2) is 11.5 Å². The highest BCUT2D eigenvalue weighted by molar-refractivity contribution is 6.10. The first-order valence-electron chi connectivity index (χ1n) is 10.6. The molecule has 2 aromatic carbocycles. The third kappa shape index (κ3) is 3.95. The Hall–Kier alpha value is -4.08. The lowest BCUT2D eigenvalue weighted by atomic mass is 9.91. The molecule has 5 rings (SSSR count). The number of nitrogens with zero attached hydrogens (tertiary/aromatic N) is 1. The van der Waals surface area contributed by atoms with Gasteiger partial charge in [-0.1, -0.05) is 12.1 Å². The molecule has 2 heterocycles. The van der Waals surface area contributed by atoms with Crippen molar-refractivity contribution in [2.24, 2.45) is 0 Å². The van der Waals surface area contributed by atoms with Crippen LogP contribution >= 0.6 is 0 Å². The number of carbonyl (C=O) groups excluding carboxylic acids is 4. The van der Waals surface area contributed by atoms with Gasteiger partial charge in [-0.15, -0.1) is 0 Å². The quantitative estimate of drug-likeness (QED) is 0.576. The average molecular weight is 450 g/mol. The molecule has 10 nitrogen and oxygen atoms in total. The Balaban J connectivity index is 1.26. The fourth-order valence-corrected chi connectivity index (χ4v) is 3.82. The molecule has 2 fully saturated rings. The molecule has 2 aliphatic heterocycles. The highest BCUT2D eigenvalue weighted by Gasteiger charge is 2.49. The van der Waals surface area contributed by atoms with E-state index in [4.69, 9.17) is 9.47 Å². The van der Waals surface area contributed by atoms with E-state index < -0.39 is 29.9 Å². The number of hydrogen-bond donors (Lipinski definition) is 3. The van der Waals surface area contributed by atoms with Gasteiger partial charge < -0.3 is 25.4 Å². The molecule has 0 spiro atoms. The molecular formula is C23H22N4O6. The molecule has 1 saturated heterocycles. The van der Waals surface area contributed by atoms with Crippen molar-refractivity contribution in [2.45, 2.75) is 31.3 Å². The molecule has 10 heteroatoms. The average Bonchev–Trinajstić information content (AvgIpc) is 3.43. The number of imide groups is 1. The molecule has 1 aliphatic carbocycles. The summed E-state index contributed by atoms with van der Waals surface area (Å²) in [4.78, 5) is 51.4. The highest BCUT2D eigenvalue weighted by atomic mass is 16.7. The lowest BCUT2D eigenvalue weighted by molar-refractivity contribution is -0.133. The first kappa shape index (κ1) is 20.8. The van der Waals surface area contributed by atoms with Gasteiger partial charge in [-0.3, -0.25) is 19.3 Å². The summed E-state index contributed by atoms with van der Waals surface area (Å²) in [6, 6.07) is 11.0. The molecule has 3 aliphatic rings. The number of hydrogen-bond acceptors (Lipinski definition) is 6. The Labute approximate surface area is 189 Å². The number of anilines is 1. The molecule has 33 heavy (non-hydrogen) atoms. The van der Waals surface area contributed by atoms with Crippen LogP contribution in [0.15, 0.2) is 42.5 Å². The van der Waals surface area contributed by atoms with Crippen LogP contribution in [0.5, 0.6) is 11.5 Å². The Morgan fingerprint density at radius 3 is 2.70 bits per heavy atom. The van der Waals surface area contributed by atoms with E-state index in [1.165, 1.54) is 0 Å². The lowest BCUT2D eigenvalue weighted by Gasteiger charge is -2.22. The van der Waals surface area contributed by atoms with Gasteiger partial charge in [-0.2, -0.15) is 0 Å². The lowest BCUT2D eigenvalue weighted by Crippen LogP contribution is -2.42. The van der Waals surface area contributed by atoms with Crippen molar-refractivity contribution < 1.29 is 28.7 Å². The number of amides is 5. The van der Waals surface area contributed by atoms with Crippen LogP contribution in [0.25, 0.3) is 0 Å². The van der Waals surface area contributed by atoms with Crippen LogP contribution in [0.4, 0.5) is 10.5 Å². The zero-order valence-corrected chi connectivity index (χ0v) is 17.8. The van der Waals surface area contributed by atoms with Crippen molar-refractivity contribution in [1.82, 2.24) is 15.5 Å². The zero-order valence-electron chi connectivity index (χ0n) is 17.8. The minimum absolute atomic E-state index is 0.0888. The van der Waals surface area contributed by atoms with Gasteiger partial charge in [0.05, 0.1) is 0 Å². The minimum atomic E-state index is -1.35. The molecule has 5 amide bonds. The summed E-state index contributed by atoms with van der Waals surface area (Å²) < 4.78 is 10.7. The van der Waals surface area contributed by atoms with E-state index in [0.29, 0.717) is 28.3 Å². The van der Waals surface area contributed by atoms with E-state index in [2.05, 4.69) is 16.0 Å². The monoisotopic (exact) mass is 450 g/mol. The fraction of sp³-hybridized carbons (Fsp3) is 0.304. The van der Waals surface area contributed by atoms with Gasteiger partial charge in [0.1, 0.15) is 12.1 Å². The molecule has 0 aromatic heterocycles. The third-order valence-corrected chi connectivity index (χ3v) is 5.85. The molecule has 1 unspecified atom stereocenters. The minimum Gasteiger partial charge on any atom is -0.454 e. The maximum Gasteiger partial charge on any atom is 0.325 e. The zero-order chi connectivity index (χ0) is 23.2. The highest BCUT2D eigenvalue weighted by Crippen LogP contribution is 2.37. The Morgan fingerprint density at radius 2 is 1.91 bits per heavy atom. The predicted molar refractivity (Wildman–Crippen MR) is 116 cm³/mol. The molecule has 170 valence electrons. The van der Waals surface area contributed by atoms with Gasteiger partial charge in [-0.05, 0) is 55.7 Å². The van der Waals surface area contributed by atoms with E-state index >= 15 is 0 Å². The Bertz CT molecular complexity index is 1180. The molecular weight excluding hydrogens is 428 g/mol. The number of rotatable bonds is 6. The third-order valence-electron chi connectivity index (χ3n) is 5.85. The van der Waals surface area contributed by atoms with Crippen molar-refractivity contribution in [3.63, 3.8) is 0 Å². The van der Waals surface area contributed by atoms with E-state index in [1.807, 2.05) is 0 Å². The van der Waals surface area contributed by atoms with E-state index in [1.54, 1.807) is 49.4 Å². The van der Waals surface area contributed by atoms with Crippen molar-refractivity contribution in [3.8, 4) is 11.5 Å². The maximum atomic E-state index is 13.1. The summed E-state index contributed by atoms with van der Waals surface area (Å²) in [5, 5.41) is 8.20. The summed E-state index contributed by atoms with van der Waals surface area (Å²) in [6.45, 7) is 1.19. The normalized spacial score (nSPS) is 21.1. The first-order valence-corrected chi connectivity index (χ1v) is 10.6. The summed E-state index contributed by atoms with van der Waals surface area (Å²) in [7, 11) is 0. The predicted octanol–water partition coefficient (Wildman–Crippen LogP) is 1.71. The van der Waals surface area contributed by atoms with Crippen molar-refractivity contribution in [3.05, 3.63) is 53.6 Å².